The van der Waals surface area contributed by atoms with Crippen molar-refractivity contribution in [2.75, 3.05) is 37.7 Å². The Bertz CT molecular complexity index is 1290. The Balaban J connectivity index is 1.48. The minimum absolute atomic E-state index is 0.0135. The first kappa shape index (κ1) is 25.9. The molecule has 7 heteroatoms. The van der Waals surface area contributed by atoms with Crippen molar-refractivity contribution in [2.45, 2.75) is 26.2 Å². The molecule has 1 N–H and O–H groups in total. The van der Waals surface area contributed by atoms with Crippen LogP contribution in [0, 0.1) is 0 Å². The van der Waals surface area contributed by atoms with E-state index >= 15 is 0 Å². The summed E-state index contributed by atoms with van der Waals surface area (Å²) in [6.07, 6.45) is 4.63. The van der Waals surface area contributed by atoms with Crippen molar-refractivity contribution < 1.29 is 19.4 Å². The number of pyridine rings is 1. The maximum Gasteiger partial charge on any atom is 0.338 e. The van der Waals surface area contributed by atoms with Crippen LogP contribution >= 0.6 is 0 Å². The number of rotatable bonds is 6. The Morgan fingerprint density at radius 2 is 1.68 bits per heavy atom. The number of carbonyl (C=O) groups excluding carboxylic acids is 2. The van der Waals surface area contributed by atoms with Crippen molar-refractivity contribution in [1.82, 2.24) is 9.88 Å². The number of ether oxygens (including phenoxy) is 1. The van der Waals surface area contributed by atoms with E-state index in [1.165, 1.54) is 12.3 Å². The van der Waals surface area contributed by atoms with E-state index in [1.54, 1.807) is 24.4 Å². The monoisotopic (exact) mass is 499 g/mol. The van der Waals surface area contributed by atoms with Gasteiger partial charge in [0.25, 0.3) is 5.91 Å². The number of nitrogens with zero attached hydrogens (tertiary/aromatic N) is 3. The van der Waals surface area contributed by atoms with Crippen molar-refractivity contribution in [2.24, 2.45) is 0 Å². The van der Waals surface area contributed by atoms with E-state index in [1.807, 2.05) is 29.2 Å². The summed E-state index contributed by atoms with van der Waals surface area (Å²) in [6, 6.07) is 14.9. The van der Waals surface area contributed by atoms with E-state index in [4.69, 9.17) is 4.74 Å². The van der Waals surface area contributed by atoms with Crippen LogP contribution in [-0.2, 0) is 10.2 Å². The van der Waals surface area contributed by atoms with Gasteiger partial charge >= 0.3 is 5.97 Å². The summed E-state index contributed by atoms with van der Waals surface area (Å²) < 4.78 is 5.09. The fourth-order valence-electron chi connectivity index (χ4n) is 4.31. The molecule has 7 nitrogen and oxygen atoms in total. The third-order valence-corrected chi connectivity index (χ3v) is 6.47. The van der Waals surface area contributed by atoms with Crippen LogP contribution in [0.3, 0.4) is 0 Å². The average molecular weight is 500 g/mol. The molecule has 0 aliphatic carbocycles. The zero-order valence-corrected chi connectivity index (χ0v) is 21.6. The standard InChI is InChI=1S/C30H33N3O4/c1-5-14-37-29(36)21-6-8-26(9-7-21)32-10-12-33(13-11-32)28(35)23-15-22(16-25(17-23)30(2,3)4)24-18-27(34)20-31-19-24/h5-9,15-20,34H,1,10-14H2,2-4H3. The topological polar surface area (TPSA) is 83.0 Å². The minimum atomic E-state index is -0.375. The summed E-state index contributed by atoms with van der Waals surface area (Å²) in [5.74, 6) is -0.301. The first-order valence-corrected chi connectivity index (χ1v) is 12.4. The molecule has 2 aromatic carbocycles. The number of aromatic nitrogens is 1. The van der Waals surface area contributed by atoms with Gasteiger partial charge < -0.3 is 19.6 Å². The smallest absolute Gasteiger partial charge is 0.338 e. The van der Waals surface area contributed by atoms with Crippen LogP contribution in [0.4, 0.5) is 5.69 Å². The summed E-state index contributed by atoms with van der Waals surface area (Å²) in [5, 5.41) is 9.91. The lowest BCUT2D eigenvalue weighted by Gasteiger charge is -2.36. The molecule has 0 spiro atoms. The Labute approximate surface area is 218 Å². The summed E-state index contributed by atoms with van der Waals surface area (Å²) in [6.45, 7) is 12.6. The molecule has 0 radical (unpaired) electrons. The van der Waals surface area contributed by atoms with E-state index in [0.29, 0.717) is 37.3 Å². The van der Waals surface area contributed by atoms with Crippen molar-refractivity contribution in [3.63, 3.8) is 0 Å². The lowest BCUT2D eigenvalue weighted by molar-refractivity contribution is 0.0549. The normalized spacial score (nSPS) is 13.8. The highest BCUT2D eigenvalue weighted by molar-refractivity contribution is 5.96. The molecule has 2 heterocycles. The van der Waals surface area contributed by atoms with Gasteiger partial charge in [0.1, 0.15) is 12.4 Å². The highest BCUT2D eigenvalue weighted by Crippen LogP contribution is 2.31. The second-order valence-corrected chi connectivity index (χ2v) is 10.2. The Morgan fingerprint density at radius 1 is 0.973 bits per heavy atom. The number of amides is 1. The van der Waals surface area contributed by atoms with Crippen molar-refractivity contribution in [3.8, 4) is 16.9 Å². The molecule has 4 rings (SSSR count). The second-order valence-electron chi connectivity index (χ2n) is 10.2. The van der Waals surface area contributed by atoms with E-state index in [9.17, 15) is 14.7 Å². The molecule has 0 atom stereocenters. The van der Waals surface area contributed by atoms with Crippen molar-refractivity contribution >= 4 is 17.6 Å². The summed E-state index contributed by atoms with van der Waals surface area (Å²) in [5.41, 5.74) is 4.63. The van der Waals surface area contributed by atoms with Gasteiger partial charge in [-0.25, -0.2) is 4.79 Å². The van der Waals surface area contributed by atoms with Gasteiger partial charge in [0.05, 0.1) is 11.8 Å². The Hall–Kier alpha value is -4.13. The Kier molecular flexibility index (Phi) is 7.62. The predicted molar refractivity (Wildman–Crippen MR) is 145 cm³/mol. The number of hydrogen-bond donors (Lipinski definition) is 1. The molecular formula is C30H33N3O4. The summed E-state index contributed by atoms with van der Waals surface area (Å²) in [4.78, 5) is 33.8. The van der Waals surface area contributed by atoms with Gasteiger partial charge in [-0.3, -0.25) is 9.78 Å². The fraction of sp³-hybridized carbons (Fsp3) is 0.300. The lowest BCUT2D eigenvalue weighted by atomic mass is 9.84. The zero-order valence-electron chi connectivity index (χ0n) is 21.6. The zero-order chi connectivity index (χ0) is 26.6. The first-order valence-electron chi connectivity index (χ1n) is 12.4. The van der Waals surface area contributed by atoms with Crippen LogP contribution in [0.25, 0.3) is 11.1 Å². The van der Waals surface area contributed by atoms with E-state index < -0.39 is 0 Å². The van der Waals surface area contributed by atoms with Gasteiger partial charge in [-0.15, -0.1) is 0 Å². The second kappa shape index (κ2) is 10.9. The van der Waals surface area contributed by atoms with E-state index in [-0.39, 0.29) is 29.6 Å². The number of aromatic hydroxyl groups is 1. The van der Waals surface area contributed by atoms with E-state index in [2.05, 4.69) is 43.3 Å². The van der Waals surface area contributed by atoms with E-state index in [0.717, 1.165) is 22.4 Å². The van der Waals surface area contributed by atoms with Crippen LogP contribution in [0.5, 0.6) is 5.75 Å². The third kappa shape index (κ3) is 6.17. The van der Waals surface area contributed by atoms with Gasteiger partial charge in [0, 0.05) is 49.2 Å². The van der Waals surface area contributed by atoms with Crippen LogP contribution in [0.2, 0.25) is 0 Å². The quantitative estimate of drug-likeness (QED) is 0.377. The number of carbonyl (C=O) groups is 2. The molecule has 1 amide bonds. The number of benzene rings is 2. The van der Waals surface area contributed by atoms with Gasteiger partial charge in [-0.1, -0.05) is 39.5 Å². The number of anilines is 1. The predicted octanol–water partition coefficient (Wildman–Crippen LogP) is 5.06. The van der Waals surface area contributed by atoms with Crippen LogP contribution in [-0.4, -0.2) is 59.7 Å². The Morgan fingerprint density at radius 3 is 2.30 bits per heavy atom. The van der Waals surface area contributed by atoms with Gasteiger partial charge in [-0.2, -0.15) is 0 Å². The van der Waals surface area contributed by atoms with Crippen molar-refractivity contribution in [1.29, 1.82) is 0 Å². The molecule has 1 aliphatic heterocycles. The summed E-state index contributed by atoms with van der Waals surface area (Å²) >= 11 is 0. The average Bonchev–Trinajstić information content (AvgIpc) is 2.90. The van der Waals surface area contributed by atoms with Crippen molar-refractivity contribution in [3.05, 3.63) is 90.3 Å². The maximum absolute atomic E-state index is 13.6. The minimum Gasteiger partial charge on any atom is -0.506 e. The molecule has 0 bridgehead atoms. The van der Waals surface area contributed by atoms with Crippen LogP contribution in [0.1, 0.15) is 47.1 Å². The van der Waals surface area contributed by atoms with Gasteiger partial charge in [-0.05, 0) is 59.0 Å². The van der Waals surface area contributed by atoms with Crippen LogP contribution in [0.15, 0.2) is 73.6 Å². The SMILES string of the molecule is C=CCOC(=O)c1ccc(N2CCN(C(=O)c3cc(-c4cncc(O)c4)cc(C(C)(C)C)c3)CC2)cc1. The van der Waals surface area contributed by atoms with Gasteiger partial charge in [0.15, 0.2) is 0 Å². The molecule has 0 unspecified atom stereocenters. The molecule has 3 aromatic rings. The van der Waals surface area contributed by atoms with Crippen LogP contribution < -0.4 is 4.90 Å². The van der Waals surface area contributed by atoms with Gasteiger partial charge in [0.2, 0.25) is 0 Å². The maximum atomic E-state index is 13.6. The fourth-order valence-corrected chi connectivity index (χ4v) is 4.31. The molecule has 192 valence electrons. The highest BCUT2D eigenvalue weighted by Gasteiger charge is 2.25. The largest absolute Gasteiger partial charge is 0.506 e. The molecule has 1 fully saturated rings. The number of esters is 1. The molecule has 1 aromatic heterocycles. The first-order chi connectivity index (χ1) is 17.7. The lowest BCUT2D eigenvalue weighted by Crippen LogP contribution is -2.48. The third-order valence-electron chi connectivity index (χ3n) is 6.47. The highest BCUT2D eigenvalue weighted by atomic mass is 16.5. The molecule has 37 heavy (non-hydrogen) atoms. The molecule has 0 saturated carbocycles. The molecule has 1 saturated heterocycles. The molecule has 1 aliphatic rings. The molecular weight excluding hydrogens is 466 g/mol. The number of piperazine rings is 1. The number of hydrogen-bond acceptors (Lipinski definition) is 6. The summed E-state index contributed by atoms with van der Waals surface area (Å²) in [7, 11) is 0.